The van der Waals surface area contributed by atoms with Crippen LogP contribution in [0.15, 0.2) is 18.2 Å². The first kappa shape index (κ1) is 11.9. The molecule has 0 saturated heterocycles. The third-order valence-electron chi connectivity index (χ3n) is 3.49. The SMILES string of the molecule is CNC(CCC1CC1)c1ccc(Cl)c(C)c1. The molecule has 1 aromatic carbocycles. The Morgan fingerprint density at radius 3 is 2.75 bits per heavy atom. The molecule has 2 rings (SSSR count). The van der Waals surface area contributed by atoms with Crippen LogP contribution >= 0.6 is 11.6 Å². The zero-order chi connectivity index (χ0) is 11.5. The van der Waals surface area contributed by atoms with Crippen molar-refractivity contribution in [3.8, 4) is 0 Å². The third-order valence-corrected chi connectivity index (χ3v) is 3.92. The fourth-order valence-electron chi connectivity index (χ4n) is 2.17. The number of aryl methyl sites for hydroxylation is 1. The summed E-state index contributed by atoms with van der Waals surface area (Å²) in [5, 5.41) is 4.27. The molecule has 1 aliphatic carbocycles. The minimum absolute atomic E-state index is 0.483. The zero-order valence-corrected chi connectivity index (χ0v) is 10.8. The fraction of sp³-hybridized carbons (Fsp3) is 0.571. The first-order valence-corrected chi connectivity index (χ1v) is 6.52. The number of halogens is 1. The van der Waals surface area contributed by atoms with Gasteiger partial charge in [-0.15, -0.1) is 0 Å². The second-order valence-electron chi connectivity index (χ2n) is 4.87. The van der Waals surface area contributed by atoms with E-state index in [4.69, 9.17) is 11.6 Å². The standard InChI is InChI=1S/C14H20ClN/c1-10-9-12(6-7-13(10)15)14(16-2)8-5-11-3-4-11/h6-7,9,11,14,16H,3-5,8H2,1-2H3. The topological polar surface area (TPSA) is 12.0 Å². The van der Waals surface area contributed by atoms with E-state index in [0.29, 0.717) is 6.04 Å². The molecular weight excluding hydrogens is 218 g/mol. The van der Waals surface area contributed by atoms with Gasteiger partial charge in [0.2, 0.25) is 0 Å². The molecule has 2 heteroatoms. The van der Waals surface area contributed by atoms with Crippen molar-refractivity contribution >= 4 is 11.6 Å². The molecular formula is C14H20ClN. The molecule has 0 aliphatic heterocycles. The lowest BCUT2D eigenvalue weighted by molar-refractivity contribution is 0.506. The molecule has 1 aromatic rings. The van der Waals surface area contributed by atoms with Crippen LogP contribution in [-0.2, 0) is 0 Å². The number of nitrogens with one attached hydrogen (secondary N) is 1. The van der Waals surface area contributed by atoms with Gasteiger partial charge in [0.05, 0.1) is 0 Å². The van der Waals surface area contributed by atoms with E-state index < -0.39 is 0 Å². The predicted molar refractivity (Wildman–Crippen MR) is 69.9 cm³/mol. The Labute approximate surface area is 103 Å². The van der Waals surface area contributed by atoms with Crippen molar-refractivity contribution in [1.29, 1.82) is 0 Å². The molecule has 0 spiro atoms. The van der Waals surface area contributed by atoms with E-state index in [0.717, 1.165) is 10.9 Å². The second kappa shape index (κ2) is 5.20. The Balaban J connectivity index is 2.02. The maximum absolute atomic E-state index is 6.05. The van der Waals surface area contributed by atoms with Crippen molar-refractivity contribution in [1.82, 2.24) is 5.32 Å². The molecule has 1 aliphatic rings. The highest BCUT2D eigenvalue weighted by Gasteiger charge is 2.22. The molecule has 16 heavy (non-hydrogen) atoms. The monoisotopic (exact) mass is 237 g/mol. The van der Waals surface area contributed by atoms with Crippen molar-refractivity contribution in [3.05, 3.63) is 34.3 Å². The molecule has 1 nitrogen and oxygen atoms in total. The van der Waals surface area contributed by atoms with Gasteiger partial charge >= 0.3 is 0 Å². The molecule has 1 N–H and O–H groups in total. The van der Waals surface area contributed by atoms with Gasteiger partial charge in [-0.3, -0.25) is 0 Å². The van der Waals surface area contributed by atoms with Gasteiger partial charge in [0.1, 0.15) is 0 Å². The van der Waals surface area contributed by atoms with Crippen LogP contribution in [-0.4, -0.2) is 7.05 Å². The average molecular weight is 238 g/mol. The van der Waals surface area contributed by atoms with E-state index in [1.807, 2.05) is 13.1 Å². The van der Waals surface area contributed by atoms with E-state index in [9.17, 15) is 0 Å². The summed E-state index contributed by atoms with van der Waals surface area (Å²) >= 11 is 6.05. The lowest BCUT2D eigenvalue weighted by Crippen LogP contribution is -2.16. The van der Waals surface area contributed by atoms with Crippen molar-refractivity contribution in [3.63, 3.8) is 0 Å². The Hall–Kier alpha value is -0.530. The normalized spacial score (nSPS) is 17.4. The summed E-state index contributed by atoms with van der Waals surface area (Å²) in [5.74, 6) is 1.00. The van der Waals surface area contributed by atoms with Crippen LogP contribution < -0.4 is 5.32 Å². The van der Waals surface area contributed by atoms with E-state index in [2.05, 4.69) is 24.4 Å². The first-order chi connectivity index (χ1) is 7.70. The first-order valence-electron chi connectivity index (χ1n) is 6.14. The Bertz CT molecular complexity index is 358. The summed E-state index contributed by atoms with van der Waals surface area (Å²) in [6.45, 7) is 2.07. The number of hydrogen-bond donors (Lipinski definition) is 1. The van der Waals surface area contributed by atoms with Gasteiger partial charge < -0.3 is 5.32 Å². The number of hydrogen-bond acceptors (Lipinski definition) is 1. The lowest BCUT2D eigenvalue weighted by Gasteiger charge is -2.17. The van der Waals surface area contributed by atoms with Crippen molar-refractivity contribution in [2.24, 2.45) is 5.92 Å². The molecule has 0 amide bonds. The summed E-state index contributed by atoms with van der Waals surface area (Å²) < 4.78 is 0. The van der Waals surface area contributed by atoms with Crippen LogP contribution in [0.25, 0.3) is 0 Å². The summed E-state index contributed by atoms with van der Waals surface area (Å²) in [5.41, 5.74) is 2.54. The summed E-state index contributed by atoms with van der Waals surface area (Å²) in [6, 6.07) is 6.84. The molecule has 0 radical (unpaired) electrons. The molecule has 1 atom stereocenters. The second-order valence-corrected chi connectivity index (χ2v) is 5.28. The Kier molecular flexibility index (Phi) is 3.88. The van der Waals surface area contributed by atoms with Crippen LogP contribution in [0.4, 0.5) is 0 Å². The van der Waals surface area contributed by atoms with Crippen LogP contribution in [0.5, 0.6) is 0 Å². The van der Waals surface area contributed by atoms with Crippen LogP contribution in [0, 0.1) is 12.8 Å². The summed E-state index contributed by atoms with van der Waals surface area (Å²) in [6.07, 6.45) is 5.47. The Morgan fingerprint density at radius 2 is 2.19 bits per heavy atom. The number of rotatable bonds is 5. The minimum Gasteiger partial charge on any atom is -0.313 e. The van der Waals surface area contributed by atoms with Crippen LogP contribution in [0.3, 0.4) is 0 Å². The van der Waals surface area contributed by atoms with Gasteiger partial charge in [-0.1, -0.05) is 36.6 Å². The zero-order valence-electron chi connectivity index (χ0n) is 10.1. The van der Waals surface area contributed by atoms with Gasteiger partial charge in [0, 0.05) is 11.1 Å². The van der Waals surface area contributed by atoms with Gasteiger partial charge in [-0.2, -0.15) is 0 Å². The minimum atomic E-state index is 0.483. The maximum Gasteiger partial charge on any atom is 0.0435 e. The molecule has 0 heterocycles. The van der Waals surface area contributed by atoms with Crippen LogP contribution in [0.1, 0.15) is 42.9 Å². The predicted octanol–water partition coefficient (Wildman–Crippen LogP) is 4.10. The fourth-order valence-corrected chi connectivity index (χ4v) is 2.29. The molecule has 1 fully saturated rings. The van der Waals surface area contributed by atoms with E-state index >= 15 is 0 Å². The highest BCUT2D eigenvalue weighted by atomic mass is 35.5. The lowest BCUT2D eigenvalue weighted by atomic mass is 9.99. The highest BCUT2D eigenvalue weighted by Crippen LogP contribution is 2.36. The van der Waals surface area contributed by atoms with Gasteiger partial charge in [0.15, 0.2) is 0 Å². The summed E-state index contributed by atoms with van der Waals surface area (Å²) in [7, 11) is 2.04. The smallest absolute Gasteiger partial charge is 0.0435 e. The molecule has 1 unspecified atom stereocenters. The maximum atomic E-state index is 6.05. The largest absolute Gasteiger partial charge is 0.313 e. The van der Waals surface area contributed by atoms with Crippen molar-refractivity contribution < 1.29 is 0 Å². The molecule has 1 saturated carbocycles. The molecule has 0 bridgehead atoms. The molecule has 0 aromatic heterocycles. The highest BCUT2D eigenvalue weighted by molar-refractivity contribution is 6.31. The van der Waals surface area contributed by atoms with E-state index in [1.165, 1.54) is 36.8 Å². The summed E-state index contributed by atoms with van der Waals surface area (Å²) in [4.78, 5) is 0. The van der Waals surface area contributed by atoms with Crippen molar-refractivity contribution in [2.75, 3.05) is 7.05 Å². The molecule has 88 valence electrons. The average Bonchev–Trinajstić information content (AvgIpc) is 3.08. The van der Waals surface area contributed by atoms with Gasteiger partial charge in [0.25, 0.3) is 0 Å². The van der Waals surface area contributed by atoms with Crippen LogP contribution in [0.2, 0.25) is 5.02 Å². The van der Waals surface area contributed by atoms with Crippen molar-refractivity contribution in [2.45, 2.75) is 38.6 Å². The number of benzene rings is 1. The van der Waals surface area contributed by atoms with Gasteiger partial charge in [-0.25, -0.2) is 0 Å². The Morgan fingerprint density at radius 1 is 1.44 bits per heavy atom. The third kappa shape index (κ3) is 2.99. The quantitative estimate of drug-likeness (QED) is 0.813. The van der Waals surface area contributed by atoms with E-state index in [1.54, 1.807) is 0 Å². The van der Waals surface area contributed by atoms with E-state index in [-0.39, 0.29) is 0 Å². The van der Waals surface area contributed by atoms with Gasteiger partial charge in [-0.05, 0) is 49.9 Å².